The molecule has 4 rings (SSSR count). The van der Waals surface area contributed by atoms with Crippen LogP contribution in [-0.4, -0.2) is 47.1 Å². The van der Waals surface area contributed by atoms with Crippen LogP contribution in [0.15, 0.2) is 28.9 Å². The van der Waals surface area contributed by atoms with E-state index in [0.717, 1.165) is 26.6 Å². The normalized spacial score (nSPS) is 18.7. The van der Waals surface area contributed by atoms with E-state index in [1.807, 2.05) is 18.2 Å². The number of pyridine rings is 1. The molecule has 1 fully saturated rings. The van der Waals surface area contributed by atoms with E-state index in [-0.39, 0.29) is 19.0 Å². The van der Waals surface area contributed by atoms with E-state index in [4.69, 9.17) is 5.11 Å². The average Bonchev–Trinajstić information content (AvgIpc) is 2.66. The largest absolute Gasteiger partial charge is 0.465 e. The fraction of sp³-hybridized carbons (Fsp3) is 0.267. The van der Waals surface area contributed by atoms with Gasteiger partial charge in [0.15, 0.2) is 0 Å². The van der Waals surface area contributed by atoms with Crippen LogP contribution in [0.5, 0.6) is 0 Å². The van der Waals surface area contributed by atoms with Gasteiger partial charge < -0.3 is 14.9 Å². The van der Waals surface area contributed by atoms with Crippen molar-refractivity contribution in [1.29, 1.82) is 0 Å². The highest BCUT2D eigenvalue weighted by atomic mass is 79.9. The van der Waals surface area contributed by atoms with Gasteiger partial charge in [0.1, 0.15) is 5.41 Å². The van der Waals surface area contributed by atoms with Crippen molar-refractivity contribution >= 4 is 44.5 Å². The van der Waals surface area contributed by atoms with E-state index in [1.54, 1.807) is 18.1 Å². The molecular formula is C15H12BrN3O3. The second kappa shape index (κ2) is 4.19. The van der Waals surface area contributed by atoms with Gasteiger partial charge in [-0.25, -0.2) is 4.79 Å². The second-order valence-corrected chi connectivity index (χ2v) is 6.68. The van der Waals surface area contributed by atoms with Gasteiger partial charge in [-0.3, -0.25) is 9.78 Å². The molecule has 1 N–H and O–H groups in total. The van der Waals surface area contributed by atoms with Gasteiger partial charge in [0.05, 0.1) is 17.4 Å². The first-order valence-corrected chi connectivity index (χ1v) is 7.58. The Labute approximate surface area is 134 Å². The summed E-state index contributed by atoms with van der Waals surface area (Å²) < 4.78 is 0.904. The summed E-state index contributed by atoms with van der Waals surface area (Å²) in [5.41, 5.74) is 1.69. The molecule has 0 unspecified atom stereocenters. The van der Waals surface area contributed by atoms with Crippen LogP contribution in [0, 0.1) is 0 Å². The number of nitrogens with zero attached hydrogens (tertiary/aromatic N) is 3. The molecular weight excluding hydrogens is 350 g/mol. The van der Waals surface area contributed by atoms with Gasteiger partial charge in [-0.2, -0.15) is 0 Å². The number of hydrogen-bond donors (Lipinski definition) is 1. The maximum absolute atomic E-state index is 12.7. The van der Waals surface area contributed by atoms with Gasteiger partial charge in [-0.05, 0) is 18.2 Å². The molecule has 1 spiro atoms. The minimum Gasteiger partial charge on any atom is -0.465 e. The third kappa shape index (κ3) is 1.51. The molecule has 0 atom stereocenters. The van der Waals surface area contributed by atoms with E-state index in [9.17, 15) is 9.59 Å². The molecule has 112 valence electrons. The number of hydrogen-bond acceptors (Lipinski definition) is 3. The molecule has 0 saturated carbocycles. The maximum atomic E-state index is 12.7. The fourth-order valence-electron chi connectivity index (χ4n) is 3.48. The van der Waals surface area contributed by atoms with E-state index in [0.29, 0.717) is 0 Å². The molecule has 2 amide bonds. The molecule has 1 saturated heterocycles. The van der Waals surface area contributed by atoms with Crippen LogP contribution < -0.4 is 4.90 Å². The molecule has 6 nitrogen and oxygen atoms in total. The highest BCUT2D eigenvalue weighted by molar-refractivity contribution is 9.10. The summed E-state index contributed by atoms with van der Waals surface area (Å²) in [4.78, 5) is 31.1. The molecule has 22 heavy (non-hydrogen) atoms. The van der Waals surface area contributed by atoms with Crippen molar-refractivity contribution in [3.63, 3.8) is 0 Å². The number of carbonyl (C=O) groups is 2. The molecule has 1 aromatic heterocycles. The number of fused-ring (bicyclic) bond motifs is 4. The summed E-state index contributed by atoms with van der Waals surface area (Å²) in [5.74, 6) is -0.0609. The Morgan fingerprint density at radius 2 is 2.14 bits per heavy atom. The number of benzene rings is 1. The number of likely N-dealkylation sites (tertiary alicyclic amines) is 1. The molecule has 7 heteroatoms. The zero-order chi connectivity index (χ0) is 15.6. The number of halogens is 1. The summed E-state index contributed by atoms with van der Waals surface area (Å²) in [6, 6.07) is 5.74. The second-order valence-electron chi connectivity index (χ2n) is 5.76. The zero-order valence-corrected chi connectivity index (χ0v) is 13.3. The van der Waals surface area contributed by atoms with Crippen LogP contribution >= 0.6 is 15.9 Å². The smallest absolute Gasteiger partial charge is 0.407 e. The summed E-state index contributed by atoms with van der Waals surface area (Å²) in [5, 5.41) is 10.0. The summed E-state index contributed by atoms with van der Waals surface area (Å²) in [6.45, 7) is 0.397. The first-order chi connectivity index (χ1) is 10.4. The number of carboxylic acid groups (broad SMARTS) is 1. The van der Waals surface area contributed by atoms with Crippen LogP contribution in [0.2, 0.25) is 0 Å². The van der Waals surface area contributed by atoms with Crippen LogP contribution in [0.4, 0.5) is 10.5 Å². The lowest BCUT2D eigenvalue weighted by atomic mass is 9.73. The van der Waals surface area contributed by atoms with Crippen molar-refractivity contribution in [2.75, 3.05) is 25.0 Å². The minimum absolute atomic E-state index is 0.0609. The van der Waals surface area contributed by atoms with Gasteiger partial charge in [0.25, 0.3) is 0 Å². The fourth-order valence-corrected chi connectivity index (χ4v) is 3.84. The number of aromatic nitrogens is 1. The van der Waals surface area contributed by atoms with Crippen LogP contribution in [0.1, 0.15) is 5.56 Å². The molecule has 0 aliphatic carbocycles. The molecule has 0 radical (unpaired) electrons. The number of carbonyl (C=O) groups excluding carboxylic acids is 1. The molecule has 0 bridgehead atoms. The minimum atomic E-state index is -0.992. The van der Waals surface area contributed by atoms with Crippen molar-refractivity contribution in [2.45, 2.75) is 5.41 Å². The average molecular weight is 362 g/mol. The lowest BCUT2D eigenvalue weighted by molar-refractivity contribution is -0.127. The first kappa shape index (κ1) is 13.5. The maximum Gasteiger partial charge on any atom is 0.407 e. The summed E-state index contributed by atoms with van der Waals surface area (Å²) in [7, 11) is 1.71. The Bertz CT molecular complexity index is 845. The highest BCUT2D eigenvalue weighted by Crippen LogP contribution is 2.49. The number of rotatable bonds is 0. The van der Waals surface area contributed by atoms with Crippen LogP contribution in [-0.2, 0) is 10.2 Å². The van der Waals surface area contributed by atoms with Crippen molar-refractivity contribution in [3.05, 3.63) is 34.4 Å². The van der Waals surface area contributed by atoms with Crippen molar-refractivity contribution in [3.8, 4) is 0 Å². The monoisotopic (exact) mass is 361 g/mol. The zero-order valence-electron chi connectivity index (χ0n) is 11.7. The van der Waals surface area contributed by atoms with Crippen molar-refractivity contribution < 1.29 is 14.7 Å². The summed E-state index contributed by atoms with van der Waals surface area (Å²) in [6.07, 6.45) is 0.704. The Kier molecular flexibility index (Phi) is 2.57. The molecule has 2 aliphatic heterocycles. The quantitative estimate of drug-likeness (QED) is 0.780. The first-order valence-electron chi connectivity index (χ1n) is 6.79. The summed E-state index contributed by atoms with van der Waals surface area (Å²) >= 11 is 3.45. The topological polar surface area (TPSA) is 73.7 Å². The van der Waals surface area contributed by atoms with Gasteiger partial charge in [-0.1, -0.05) is 15.9 Å². The van der Waals surface area contributed by atoms with E-state index in [2.05, 4.69) is 20.9 Å². The van der Waals surface area contributed by atoms with Gasteiger partial charge >= 0.3 is 6.09 Å². The van der Waals surface area contributed by atoms with Gasteiger partial charge in [0, 0.05) is 35.6 Å². The van der Waals surface area contributed by atoms with E-state index >= 15 is 0 Å². The van der Waals surface area contributed by atoms with E-state index < -0.39 is 11.5 Å². The Morgan fingerprint density at radius 3 is 2.82 bits per heavy atom. The Hall–Kier alpha value is -2.15. The Balaban J connectivity index is 1.97. The SMILES string of the molecule is CN1C(=O)C2(CN(C(=O)O)C2)c2c1cnc1ccc(Br)cc21. The predicted octanol–water partition coefficient (Wildman–Crippen LogP) is 2.21. The van der Waals surface area contributed by atoms with Gasteiger partial charge in [0.2, 0.25) is 5.91 Å². The number of likely N-dealkylation sites (N-methyl/N-ethyl adjacent to an activating group) is 1. The van der Waals surface area contributed by atoms with E-state index in [1.165, 1.54) is 4.90 Å². The highest BCUT2D eigenvalue weighted by Gasteiger charge is 2.59. The Morgan fingerprint density at radius 1 is 1.41 bits per heavy atom. The van der Waals surface area contributed by atoms with Crippen LogP contribution in [0.3, 0.4) is 0 Å². The third-order valence-corrected chi connectivity index (χ3v) is 5.05. The molecule has 2 aliphatic rings. The third-order valence-electron chi connectivity index (χ3n) is 4.56. The van der Waals surface area contributed by atoms with Crippen molar-refractivity contribution in [2.24, 2.45) is 0 Å². The molecule has 1 aromatic carbocycles. The molecule has 3 heterocycles. The molecule has 2 aromatic rings. The lowest BCUT2D eigenvalue weighted by Gasteiger charge is -2.45. The predicted molar refractivity (Wildman–Crippen MR) is 84.1 cm³/mol. The van der Waals surface area contributed by atoms with Gasteiger partial charge in [-0.15, -0.1) is 0 Å². The lowest BCUT2D eigenvalue weighted by Crippen LogP contribution is -2.64. The standard InChI is InChI=1S/C15H12BrN3O3/c1-18-11-5-17-10-3-2-8(16)4-9(10)12(11)15(13(18)20)6-19(7-15)14(21)22/h2-5H,6-7H2,1H3,(H,21,22). The van der Waals surface area contributed by atoms with Crippen LogP contribution in [0.25, 0.3) is 10.9 Å². The van der Waals surface area contributed by atoms with Crippen molar-refractivity contribution in [1.82, 2.24) is 9.88 Å². The number of anilines is 1. The number of amides is 2.